The molecule has 19 heavy (non-hydrogen) atoms. The Kier molecular flexibility index (Phi) is 4.42. The first-order chi connectivity index (χ1) is 9.06. The number of amides is 1. The van der Waals surface area contributed by atoms with Crippen LogP contribution in [0, 0.1) is 5.92 Å². The molecule has 1 atom stereocenters. The van der Waals surface area contributed by atoms with Crippen molar-refractivity contribution in [2.75, 3.05) is 24.4 Å². The van der Waals surface area contributed by atoms with Gasteiger partial charge in [0.25, 0.3) is 0 Å². The summed E-state index contributed by atoms with van der Waals surface area (Å²) in [6.07, 6.45) is 1.88. The van der Waals surface area contributed by atoms with E-state index in [1.54, 1.807) is 6.07 Å². The minimum absolute atomic E-state index is 0.0595. The number of hydrogen-bond acceptors (Lipinski definition) is 4. The molecule has 1 fully saturated rings. The minimum Gasteiger partial charge on any atom is -0.464 e. The standard InChI is InChI=1S/C12H12BrClN2O3/c1-19-12(18)11-9(3-8(13)5-15-11)16-6-7(4-14)2-10(16)17/h3,5,7H,2,4,6H2,1H3. The van der Waals surface area contributed by atoms with E-state index in [1.165, 1.54) is 18.2 Å². The predicted octanol–water partition coefficient (Wildman–Crippen LogP) is 2.22. The number of ether oxygens (including phenoxy) is 1. The number of alkyl halides is 1. The molecule has 1 aromatic rings. The molecule has 102 valence electrons. The van der Waals surface area contributed by atoms with Crippen molar-refractivity contribution in [3.63, 3.8) is 0 Å². The summed E-state index contributed by atoms with van der Waals surface area (Å²) in [5, 5.41) is 0. The highest BCUT2D eigenvalue weighted by Gasteiger charge is 2.33. The topological polar surface area (TPSA) is 59.5 Å². The van der Waals surface area contributed by atoms with Crippen molar-refractivity contribution in [3.05, 3.63) is 22.4 Å². The van der Waals surface area contributed by atoms with Crippen LogP contribution in [0.3, 0.4) is 0 Å². The van der Waals surface area contributed by atoms with Gasteiger partial charge in [-0.2, -0.15) is 0 Å². The molecule has 5 nitrogen and oxygen atoms in total. The van der Waals surface area contributed by atoms with E-state index in [4.69, 9.17) is 11.6 Å². The largest absolute Gasteiger partial charge is 0.464 e. The Morgan fingerprint density at radius 1 is 1.68 bits per heavy atom. The average Bonchev–Trinajstić information content (AvgIpc) is 2.79. The van der Waals surface area contributed by atoms with Gasteiger partial charge in [0.05, 0.1) is 12.8 Å². The highest BCUT2D eigenvalue weighted by molar-refractivity contribution is 9.10. The van der Waals surface area contributed by atoms with E-state index in [1.807, 2.05) is 0 Å². The summed E-state index contributed by atoms with van der Waals surface area (Å²) in [6, 6.07) is 1.69. The average molecular weight is 348 g/mol. The molecule has 2 heterocycles. The molecule has 1 amide bonds. The number of carbonyl (C=O) groups is 2. The first kappa shape index (κ1) is 14.3. The lowest BCUT2D eigenvalue weighted by Crippen LogP contribution is -2.27. The Balaban J connectivity index is 2.41. The second-order valence-corrected chi connectivity index (χ2v) is 5.47. The van der Waals surface area contributed by atoms with E-state index >= 15 is 0 Å². The Morgan fingerprint density at radius 2 is 2.42 bits per heavy atom. The van der Waals surface area contributed by atoms with Crippen molar-refractivity contribution in [3.8, 4) is 0 Å². The van der Waals surface area contributed by atoms with Gasteiger partial charge in [-0.25, -0.2) is 9.78 Å². The predicted molar refractivity (Wildman–Crippen MR) is 74.5 cm³/mol. The lowest BCUT2D eigenvalue weighted by molar-refractivity contribution is -0.117. The smallest absolute Gasteiger partial charge is 0.358 e. The summed E-state index contributed by atoms with van der Waals surface area (Å²) in [4.78, 5) is 29.3. The van der Waals surface area contributed by atoms with Crippen molar-refractivity contribution in [2.45, 2.75) is 6.42 Å². The molecule has 1 aliphatic rings. The summed E-state index contributed by atoms with van der Waals surface area (Å²) in [5.41, 5.74) is 0.591. The molecule has 1 unspecified atom stereocenters. The maximum absolute atomic E-state index is 12.0. The van der Waals surface area contributed by atoms with Crippen LogP contribution in [0.2, 0.25) is 0 Å². The van der Waals surface area contributed by atoms with E-state index in [0.717, 1.165) is 0 Å². The van der Waals surface area contributed by atoms with Gasteiger partial charge >= 0.3 is 5.97 Å². The second kappa shape index (κ2) is 5.88. The number of rotatable bonds is 3. The summed E-state index contributed by atoms with van der Waals surface area (Å²) in [7, 11) is 1.28. The third-order valence-corrected chi connectivity index (χ3v) is 3.80. The molecule has 2 rings (SSSR count). The van der Waals surface area contributed by atoms with Gasteiger partial charge in [-0.05, 0) is 27.9 Å². The molecule has 0 aliphatic carbocycles. The quantitative estimate of drug-likeness (QED) is 0.621. The Morgan fingerprint density at radius 3 is 3.00 bits per heavy atom. The fourth-order valence-electron chi connectivity index (χ4n) is 2.01. The van der Waals surface area contributed by atoms with Crippen LogP contribution in [-0.4, -0.2) is 36.4 Å². The fourth-order valence-corrected chi connectivity index (χ4v) is 2.53. The molecule has 0 radical (unpaired) electrons. The molecule has 7 heteroatoms. The maximum atomic E-state index is 12.0. The molecule has 0 N–H and O–H groups in total. The number of halogens is 2. The molecule has 0 saturated carbocycles. The van der Waals surface area contributed by atoms with Gasteiger partial charge in [0, 0.05) is 29.5 Å². The molecular formula is C12H12BrClN2O3. The SMILES string of the molecule is COC(=O)c1ncc(Br)cc1N1CC(CCl)CC1=O. The van der Waals surface area contributed by atoms with Crippen molar-refractivity contribution >= 4 is 45.1 Å². The molecule has 0 bridgehead atoms. The summed E-state index contributed by atoms with van der Waals surface area (Å²) < 4.78 is 5.38. The van der Waals surface area contributed by atoms with Crippen LogP contribution in [0.5, 0.6) is 0 Å². The van der Waals surface area contributed by atoms with E-state index in [9.17, 15) is 9.59 Å². The van der Waals surface area contributed by atoms with Crippen LogP contribution in [0.25, 0.3) is 0 Å². The van der Waals surface area contributed by atoms with Crippen LogP contribution < -0.4 is 4.90 Å². The van der Waals surface area contributed by atoms with Gasteiger partial charge in [-0.1, -0.05) is 0 Å². The molecule has 0 aromatic carbocycles. The number of aromatic nitrogens is 1. The number of pyridine rings is 1. The zero-order valence-electron chi connectivity index (χ0n) is 10.2. The molecule has 1 aliphatic heterocycles. The van der Waals surface area contributed by atoms with Crippen LogP contribution in [0.4, 0.5) is 5.69 Å². The van der Waals surface area contributed by atoms with Gasteiger partial charge in [-0.15, -0.1) is 11.6 Å². The lowest BCUT2D eigenvalue weighted by atomic mass is 10.1. The van der Waals surface area contributed by atoms with E-state index in [2.05, 4.69) is 25.7 Å². The number of esters is 1. The maximum Gasteiger partial charge on any atom is 0.358 e. The molecule has 0 spiro atoms. The van der Waals surface area contributed by atoms with Crippen LogP contribution >= 0.6 is 27.5 Å². The van der Waals surface area contributed by atoms with Crippen molar-refractivity contribution in [2.24, 2.45) is 5.92 Å². The normalized spacial score (nSPS) is 18.8. The minimum atomic E-state index is -0.565. The van der Waals surface area contributed by atoms with Gasteiger partial charge in [0.2, 0.25) is 5.91 Å². The highest BCUT2D eigenvalue weighted by Crippen LogP contribution is 2.30. The van der Waals surface area contributed by atoms with E-state index in [0.29, 0.717) is 29.0 Å². The van der Waals surface area contributed by atoms with E-state index in [-0.39, 0.29) is 17.5 Å². The first-order valence-electron chi connectivity index (χ1n) is 5.67. The number of nitrogens with zero attached hydrogens (tertiary/aromatic N) is 2. The number of anilines is 1. The van der Waals surface area contributed by atoms with Crippen molar-refractivity contribution in [1.82, 2.24) is 4.98 Å². The van der Waals surface area contributed by atoms with Crippen LogP contribution in [0.15, 0.2) is 16.7 Å². The summed E-state index contributed by atoms with van der Waals surface area (Å²) in [6.45, 7) is 0.491. The van der Waals surface area contributed by atoms with Gasteiger partial charge < -0.3 is 9.64 Å². The molecular weight excluding hydrogens is 336 g/mol. The van der Waals surface area contributed by atoms with Crippen molar-refractivity contribution in [1.29, 1.82) is 0 Å². The second-order valence-electron chi connectivity index (χ2n) is 4.24. The summed E-state index contributed by atoms with van der Waals surface area (Å²) in [5.74, 6) is -0.115. The third-order valence-electron chi connectivity index (χ3n) is 2.93. The molecule has 1 saturated heterocycles. The van der Waals surface area contributed by atoms with Gasteiger partial charge in [0.1, 0.15) is 0 Å². The van der Waals surface area contributed by atoms with Gasteiger partial charge in [0.15, 0.2) is 5.69 Å². The zero-order valence-corrected chi connectivity index (χ0v) is 12.6. The Labute approximate surface area is 124 Å². The Bertz CT molecular complexity index is 524. The number of methoxy groups -OCH3 is 1. The first-order valence-corrected chi connectivity index (χ1v) is 6.99. The van der Waals surface area contributed by atoms with Crippen LogP contribution in [0.1, 0.15) is 16.9 Å². The number of hydrogen-bond donors (Lipinski definition) is 0. The number of carbonyl (C=O) groups excluding carboxylic acids is 2. The van der Waals surface area contributed by atoms with Crippen molar-refractivity contribution < 1.29 is 14.3 Å². The lowest BCUT2D eigenvalue weighted by Gasteiger charge is -2.18. The molecule has 1 aromatic heterocycles. The van der Waals surface area contributed by atoms with Gasteiger partial charge in [-0.3, -0.25) is 4.79 Å². The summed E-state index contributed by atoms with van der Waals surface area (Å²) >= 11 is 9.08. The zero-order chi connectivity index (χ0) is 14.0. The highest BCUT2D eigenvalue weighted by atomic mass is 79.9. The van der Waals surface area contributed by atoms with E-state index < -0.39 is 5.97 Å². The third kappa shape index (κ3) is 2.90. The Hall–Kier alpha value is -1.14. The fraction of sp³-hybridized carbons (Fsp3) is 0.417. The monoisotopic (exact) mass is 346 g/mol. The van der Waals surface area contributed by atoms with Crippen LogP contribution in [-0.2, 0) is 9.53 Å².